The van der Waals surface area contributed by atoms with E-state index < -0.39 is 0 Å². The van der Waals surface area contributed by atoms with Crippen molar-refractivity contribution in [2.75, 3.05) is 57.9 Å². The quantitative estimate of drug-likeness (QED) is 0.606. The number of nitrogens with one attached hydrogen (secondary N) is 2. The topological polar surface area (TPSA) is 83.1 Å². The Kier molecular flexibility index (Phi) is 8.97. The van der Waals surface area contributed by atoms with Gasteiger partial charge in [-0.2, -0.15) is 0 Å². The minimum atomic E-state index is -0.208. The zero-order valence-corrected chi connectivity index (χ0v) is 20.5. The molecule has 2 aliphatic rings. The molecular weight excluding hydrogens is 444 g/mol. The standard InChI is InChI=1S/C27H36N4O4/c1-21-5-2-8-24(17-21)29-27(33)31-10-4-7-23(20-31)26(32)28-19-22-6-3-9-25(18-22)35-16-13-30-11-14-34-15-12-30/h2-3,5-6,8-9,17-18,23H,4,7,10-16,19-20H2,1H3,(H,28,32)(H,29,33). The van der Waals surface area contributed by atoms with Gasteiger partial charge in [-0.15, -0.1) is 0 Å². The van der Waals surface area contributed by atoms with E-state index in [0.29, 0.717) is 26.2 Å². The lowest BCUT2D eigenvalue weighted by Crippen LogP contribution is -2.46. The van der Waals surface area contributed by atoms with Crippen LogP contribution in [0.4, 0.5) is 10.5 Å². The molecule has 3 amide bonds. The largest absolute Gasteiger partial charge is 0.492 e. The van der Waals surface area contributed by atoms with Gasteiger partial charge in [0.1, 0.15) is 12.4 Å². The zero-order valence-electron chi connectivity index (χ0n) is 20.5. The molecule has 2 fully saturated rings. The van der Waals surface area contributed by atoms with Crippen LogP contribution in [0.25, 0.3) is 0 Å². The molecule has 0 saturated carbocycles. The Hall–Kier alpha value is -3.10. The number of ether oxygens (including phenoxy) is 2. The highest BCUT2D eigenvalue weighted by Gasteiger charge is 2.28. The van der Waals surface area contributed by atoms with Gasteiger partial charge in [0.25, 0.3) is 0 Å². The summed E-state index contributed by atoms with van der Waals surface area (Å²) in [7, 11) is 0. The summed E-state index contributed by atoms with van der Waals surface area (Å²) in [5.41, 5.74) is 2.85. The average Bonchev–Trinajstić information content (AvgIpc) is 2.88. The Morgan fingerprint density at radius 1 is 1.09 bits per heavy atom. The van der Waals surface area contributed by atoms with E-state index in [4.69, 9.17) is 9.47 Å². The van der Waals surface area contributed by atoms with Crippen molar-refractivity contribution in [3.8, 4) is 5.75 Å². The number of morpholine rings is 1. The SMILES string of the molecule is Cc1cccc(NC(=O)N2CCCC(C(=O)NCc3cccc(OCCN4CCOCC4)c3)C2)c1. The number of carbonyl (C=O) groups excluding carboxylic acids is 2. The molecule has 2 N–H and O–H groups in total. The summed E-state index contributed by atoms with van der Waals surface area (Å²) in [4.78, 5) is 29.6. The second-order valence-electron chi connectivity index (χ2n) is 9.25. The third-order valence-electron chi connectivity index (χ3n) is 6.49. The smallest absolute Gasteiger partial charge is 0.321 e. The molecule has 2 heterocycles. The Balaban J connectivity index is 1.22. The van der Waals surface area contributed by atoms with E-state index >= 15 is 0 Å². The number of amides is 3. The molecule has 1 atom stereocenters. The minimum absolute atomic E-state index is 0.0169. The fourth-order valence-electron chi connectivity index (χ4n) is 4.50. The van der Waals surface area contributed by atoms with Gasteiger partial charge in [-0.1, -0.05) is 24.3 Å². The first kappa shape index (κ1) is 25.0. The summed E-state index contributed by atoms with van der Waals surface area (Å²) >= 11 is 0. The number of anilines is 1. The van der Waals surface area contributed by atoms with Crippen molar-refractivity contribution < 1.29 is 19.1 Å². The van der Waals surface area contributed by atoms with Crippen molar-refractivity contribution in [3.05, 3.63) is 59.7 Å². The van der Waals surface area contributed by atoms with Crippen LogP contribution in [-0.4, -0.2) is 74.3 Å². The van der Waals surface area contributed by atoms with Gasteiger partial charge in [0.05, 0.1) is 19.1 Å². The second kappa shape index (κ2) is 12.6. The average molecular weight is 481 g/mol. The lowest BCUT2D eigenvalue weighted by Gasteiger charge is -2.32. The van der Waals surface area contributed by atoms with Gasteiger partial charge < -0.3 is 25.0 Å². The maximum Gasteiger partial charge on any atom is 0.321 e. The molecule has 0 aromatic heterocycles. The second-order valence-corrected chi connectivity index (χ2v) is 9.25. The van der Waals surface area contributed by atoms with Crippen molar-refractivity contribution in [1.29, 1.82) is 0 Å². The molecule has 0 bridgehead atoms. The Bertz CT molecular complexity index is 993. The number of likely N-dealkylation sites (tertiary alicyclic amines) is 1. The van der Waals surface area contributed by atoms with E-state index in [1.165, 1.54) is 0 Å². The molecule has 2 aromatic rings. The van der Waals surface area contributed by atoms with Crippen molar-refractivity contribution in [3.63, 3.8) is 0 Å². The van der Waals surface area contributed by atoms with E-state index in [1.54, 1.807) is 4.90 Å². The van der Waals surface area contributed by atoms with Crippen molar-refractivity contribution >= 4 is 17.6 Å². The number of benzene rings is 2. The summed E-state index contributed by atoms with van der Waals surface area (Å²) in [5.74, 6) is 0.582. The molecule has 0 spiro atoms. The van der Waals surface area contributed by atoms with Crippen LogP contribution in [0.1, 0.15) is 24.0 Å². The van der Waals surface area contributed by atoms with E-state index in [0.717, 1.165) is 68.3 Å². The van der Waals surface area contributed by atoms with Crippen LogP contribution < -0.4 is 15.4 Å². The first-order chi connectivity index (χ1) is 17.1. The monoisotopic (exact) mass is 480 g/mol. The van der Waals surface area contributed by atoms with Crippen LogP contribution in [-0.2, 0) is 16.1 Å². The van der Waals surface area contributed by atoms with Gasteiger partial charge >= 0.3 is 6.03 Å². The minimum Gasteiger partial charge on any atom is -0.492 e. The van der Waals surface area contributed by atoms with Crippen molar-refractivity contribution in [2.24, 2.45) is 5.92 Å². The molecule has 2 aromatic carbocycles. The highest BCUT2D eigenvalue weighted by atomic mass is 16.5. The Morgan fingerprint density at radius 2 is 1.91 bits per heavy atom. The summed E-state index contributed by atoms with van der Waals surface area (Å²) in [6.45, 7) is 8.47. The number of hydrogen-bond acceptors (Lipinski definition) is 5. The van der Waals surface area contributed by atoms with Crippen LogP contribution in [0.3, 0.4) is 0 Å². The van der Waals surface area contributed by atoms with Gasteiger partial charge in [-0.3, -0.25) is 9.69 Å². The molecule has 8 nitrogen and oxygen atoms in total. The normalized spacial score (nSPS) is 18.7. The third-order valence-corrected chi connectivity index (χ3v) is 6.49. The van der Waals surface area contributed by atoms with Crippen molar-refractivity contribution in [2.45, 2.75) is 26.3 Å². The molecule has 0 aliphatic carbocycles. The molecule has 1 unspecified atom stereocenters. The lowest BCUT2D eigenvalue weighted by molar-refractivity contribution is -0.126. The van der Waals surface area contributed by atoms with Gasteiger partial charge in [0.15, 0.2) is 0 Å². The Morgan fingerprint density at radius 3 is 2.74 bits per heavy atom. The van der Waals surface area contributed by atoms with Gasteiger partial charge in [-0.05, 0) is 55.2 Å². The molecule has 2 aliphatic heterocycles. The molecular formula is C27H36N4O4. The lowest BCUT2D eigenvalue weighted by atomic mass is 9.97. The van der Waals surface area contributed by atoms with Crippen LogP contribution in [0.5, 0.6) is 5.75 Å². The molecule has 188 valence electrons. The molecule has 0 radical (unpaired) electrons. The summed E-state index contributed by atoms with van der Waals surface area (Å²) in [6.07, 6.45) is 1.59. The number of rotatable bonds is 8. The summed E-state index contributed by atoms with van der Waals surface area (Å²) in [6, 6.07) is 15.4. The molecule has 4 rings (SSSR count). The summed E-state index contributed by atoms with van der Waals surface area (Å²) < 4.78 is 11.3. The predicted molar refractivity (Wildman–Crippen MR) is 136 cm³/mol. The van der Waals surface area contributed by atoms with Crippen LogP contribution in [0.15, 0.2) is 48.5 Å². The maximum atomic E-state index is 12.9. The Labute approximate surface area is 207 Å². The third kappa shape index (κ3) is 7.70. The van der Waals surface area contributed by atoms with Crippen LogP contribution in [0.2, 0.25) is 0 Å². The first-order valence-electron chi connectivity index (χ1n) is 12.5. The molecule has 8 heteroatoms. The van der Waals surface area contributed by atoms with E-state index in [1.807, 2.05) is 55.5 Å². The zero-order chi connectivity index (χ0) is 24.5. The fourth-order valence-corrected chi connectivity index (χ4v) is 4.50. The van der Waals surface area contributed by atoms with Crippen LogP contribution >= 0.6 is 0 Å². The van der Waals surface area contributed by atoms with Crippen LogP contribution in [0, 0.1) is 12.8 Å². The number of piperidine rings is 1. The maximum absolute atomic E-state index is 12.9. The predicted octanol–water partition coefficient (Wildman–Crippen LogP) is 3.27. The van der Waals surface area contributed by atoms with Crippen molar-refractivity contribution in [1.82, 2.24) is 15.1 Å². The summed E-state index contributed by atoms with van der Waals surface area (Å²) in [5, 5.41) is 5.99. The van der Waals surface area contributed by atoms with Gasteiger partial charge in [0.2, 0.25) is 5.91 Å². The number of nitrogens with zero attached hydrogens (tertiary/aromatic N) is 2. The van der Waals surface area contributed by atoms with Gasteiger partial charge in [-0.25, -0.2) is 4.79 Å². The number of urea groups is 1. The van der Waals surface area contributed by atoms with Gasteiger partial charge in [0, 0.05) is 45.0 Å². The highest BCUT2D eigenvalue weighted by Crippen LogP contribution is 2.19. The molecule has 2 saturated heterocycles. The number of hydrogen-bond donors (Lipinski definition) is 2. The number of aryl methyl sites for hydroxylation is 1. The van der Waals surface area contributed by atoms with E-state index in [9.17, 15) is 9.59 Å². The first-order valence-corrected chi connectivity index (χ1v) is 12.5. The van der Waals surface area contributed by atoms with E-state index in [2.05, 4.69) is 15.5 Å². The number of carbonyl (C=O) groups is 2. The van der Waals surface area contributed by atoms with E-state index in [-0.39, 0.29) is 17.9 Å². The molecule has 35 heavy (non-hydrogen) atoms. The fraction of sp³-hybridized carbons (Fsp3) is 0.481. The highest BCUT2D eigenvalue weighted by molar-refractivity contribution is 5.90.